The van der Waals surface area contributed by atoms with Crippen molar-refractivity contribution < 1.29 is 14.4 Å². The highest BCUT2D eigenvalue weighted by atomic mass is 79.9. The molecular formula is C14H13BrFN3O3. The van der Waals surface area contributed by atoms with Crippen molar-refractivity contribution in [2.75, 3.05) is 5.32 Å². The average molecular weight is 370 g/mol. The number of rotatable bonds is 3. The van der Waals surface area contributed by atoms with E-state index < -0.39 is 11.7 Å². The van der Waals surface area contributed by atoms with Gasteiger partial charge in [-0.1, -0.05) is 15.9 Å². The van der Waals surface area contributed by atoms with Gasteiger partial charge in [-0.15, -0.1) is 0 Å². The van der Waals surface area contributed by atoms with Gasteiger partial charge in [0.2, 0.25) is 0 Å². The Morgan fingerprint density at radius 3 is 2.68 bits per heavy atom. The summed E-state index contributed by atoms with van der Waals surface area (Å²) in [5.41, 5.74) is 1.66. The number of carbonyl (C=O) groups excluding carboxylic acids is 1. The van der Waals surface area contributed by atoms with Gasteiger partial charge in [0, 0.05) is 23.3 Å². The van der Waals surface area contributed by atoms with Crippen molar-refractivity contribution >= 4 is 33.2 Å². The first-order valence-corrected chi connectivity index (χ1v) is 7.01. The van der Waals surface area contributed by atoms with E-state index in [0.29, 0.717) is 4.47 Å². The van der Waals surface area contributed by atoms with E-state index in [1.54, 1.807) is 6.07 Å². The van der Waals surface area contributed by atoms with Crippen LogP contribution in [0.5, 0.6) is 0 Å². The Morgan fingerprint density at radius 2 is 2.09 bits per heavy atom. The molecule has 0 fully saturated rings. The molecule has 6 nitrogen and oxygen atoms in total. The molecule has 1 heterocycles. The monoisotopic (exact) mass is 369 g/mol. The Balaban J connectivity index is 2.60. The molecule has 0 aliphatic carbocycles. The van der Waals surface area contributed by atoms with Gasteiger partial charge < -0.3 is 9.88 Å². The van der Waals surface area contributed by atoms with Gasteiger partial charge in [-0.3, -0.25) is 14.8 Å². The molecule has 0 bridgehead atoms. The molecule has 2 rings (SSSR count). The summed E-state index contributed by atoms with van der Waals surface area (Å²) in [4.78, 5) is 23.8. The highest BCUT2D eigenvalue weighted by molar-refractivity contribution is 9.10. The van der Waals surface area contributed by atoms with Crippen LogP contribution in [0.1, 0.15) is 15.9 Å². The lowest BCUT2D eigenvalue weighted by molar-refractivity contribution is 0.0706. The van der Waals surface area contributed by atoms with Crippen molar-refractivity contribution in [1.29, 1.82) is 0 Å². The summed E-state index contributed by atoms with van der Waals surface area (Å²) >= 11 is 3.15. The summed E-state index contributed by atoms with van der Waals surface area (Å²) in [6, 6.07) is 4.34. The maximum absolute atomic E-state index is 13.9. The lowest BCUT2D eigenvalue weighted by atomic mass is 10.1. The SMILES string of the molecule is Cc1c(Nc2ccc(Br)cc2F)c(C(=O)NO)cn(C)c1=O. The van der Waals surface area contributed by atoms with Crippen molar-refractivity contribution in [2.24, 2.45) is 7.05 Å². The summed E-state index contributed by atoms with van der Waals surface area (Å²) < 4.78 is 15.7. The fourth-order valence-corrected chi connectivity index (χ4v) is 2.34. The van der Waals surface area contributed by atoms with E-state index in [4.69, 9.17) is 5.21 Å². The van der Waals surface area contributed by atoms with Crippen LogP contribution in [0.3, 0.4) is 0 Å². The number of nitrogens with one attached hydrogen (secondary N) is 2. The number of benzene rings is 1. The maximum Gasteiger partial charge on any atom is 0.278 e. The van der Waals surface area contributed by atoms with Crippen LogP contribution in [0.4, 0.5) is 15.8 Å². The molecule has 0 aliphatic heterocycles. The predicted octanol–water partition coefficient (Wildman–Crippen LogP) is 2.46. The molecule has 2 aromatic rings. The minimum absolute atomic E-state index is 0.0180. The molecule has 0 unspecified atom stereocenters. The lowest BCUT2D eigenvalue weighted by Crippen LogP contribution is -2.27. The number of hydrogen-bond acceptors (Lipinski definition) is 4. The number of hydroxylamine groups is 1. The van der Waals surface area contributed by atoms with E-state index in [1.165, 1.54) is 42.3 Å². The zero-order valence-corrected chi connectivity index (χ0v) is 13.4. The number of amides is 1. The fraction of sp³-hybridized carbons (Fsp3) is 0.143. The standard InChI is InChI=1S/C14H13BrFN3O3/c1-7-12(17-11-4-3-8(15)5-10(11)16)9(13(20)18-22)6-19(2)14(7)21/h3-6,17,22H,1-2H3,(H,18,20). The number of anilines is 2. The third-order valence-electron chi connectivity index (χ3n) is 3.15. The first-order chi connectivity index (χ1) is 10.3. The second-order valence-electron chi connectivity index (χ2n) is 4.65. The highest BCUT2D eigenvalue weighted by Crippen LogP contribution is 2.26. The van der Waals surface area contributed by atoms with E-state index in [-0.39, 0.29) is 28.1 Å². The second kappa shape index (κ2) is 6.29. The summed E-state index contributed by atoms with van der Waals surface area (Å²) in [7, 11) is 1.48. The number of aromatic nitrogens is 1. The van der Waals surface area contributed by atoms with Crippen LogP contribution in [-0.4, -0.2) is 15.7 Å². The number of pyridine rings is 1. The van der Waals surface area contributed by atoms with Gasteiger partial charge in [-0.2, -0.15) is 0 Å². The van der Waals surface area contributed by atoms with Crippen molar-refractivity contribution in [3.8, 4) is 0 Å². The number of hydrogen-bond donors (Lipinski definition) is 3. The summed E-state index contributed by atoms with van der Waals surface area (Å²) in [6.07, 6.45) is 1.26. The molecule has 0 spiro atoms. The Bertz CT molecular complexity index is 805. The summed E-state index contributed by atoms with van der Waals surface area (Å²) in [5, 5.41) is 11.6. The number of nitrogens with zero attached hydrogens (tertiary/aromatic N) is 1. The molecule has 1 aromatic carbocycles. The predicted molar refractivity (Wildman–Crippen MR) is 83.1 cm³/mol. The molecule has 0 aliphatic rings. The van der Waals surface area contributed by atoms with E-state index in [0.717, 1.165) is 0 Å². The first-order valence-electron chi connectivity index (χ1n) is 6.22. The molecule has 0 radical (unpaired) electrons. The quantitative estimate of drug-likeness (QED) is 0.573. The normalized spacial score (nSPS) is 10.4. The molecule has 1 aromatic heterocycles. The van der Waals surface area contributed by atoms with Crippen LogP contribution in [-0.2, 0) is 7.05 Å². The van der Waals surface area contributed by atoms with E-state index >= 15 is 0 Å². The zero-order valence-electron chi connectivity index (χ0n) is 11.8. The Hall–Kier alpha value is -2.19. The van der Waals surface area contributed by atoms with Gasteiger partial charge in [0.15, 0.2) is 0 Å². The van der Waals surface area contributed by atoms with Crippen molar-refractivity contribution in [3.05, 3.63) is 56.2 Å². The number of carbonyl (C=O) groups is 1. The summed E-state index contributed by atoms with van der Waals surface area (Å²) in [5.74, 6) is -1.36. The average Bonchev–Trinajstić information content (AvgIpc) is 2.49. The fourth-order valence-electron chi connectivity index (χ4n) is 2.01. The molecule has 0 saturated heterocycles. The second-order valence-corrected chi connectivity index (χ2v) is 5.56. The Labute approximate surface area is 133 Å². The van der Waals surface area contributed by atoms with E-state index in [2.05, 4.69) is 21.2 Å². The van der Waals surface area contributed by atoms with Crippen molar-refractivity contribution in [2.45, 2.75) is 6.92 Å². The Morgan fingerprint density at radius 1 is 1.41 bits per heavy atom. The smallest absolute Gasteiger partial charge is 0.278 e. The molecule has 8 heteroatoms. The minimum atomic E-state index is -0.807. The topological polar surface area (TPSA) is 83.4 Å². The van der Waals surface area contributed by atoms with E-state index in [9.17, 15) is 14.0 Å². The number of aryl methyl sites for hydroxylation is 1. The third kappa shape index (κ3) is 3.02. The third-order valence-corrected chi connectivity index (χ3v) is 3.64. The van der Waals surface area contributed by atoms with Gasteiger partial charge in [-0.25, -0.2) is 9.87 Å². The van der Waals surface area contributed by atoms with Gasteiger partial charge in [-0.05, 0) is 25.1 Å². The summed E-state index contributed by atoms with van der Waals surface area (Å²) in [6.45, 7) is 1.51. The van der Waals surface area contributed by atoms with Crippen LogP contribution in [0, 0.1) is 12.7 Å². The van der Waals surface area contributed by atoms with Crippen LogP contribution in [0.2, 0.25) is 0 Å². The van der Waals surface area contributed by atoms with Crippen LogP contribution in [0.25, 0.3) is 0 Å². The lowest BCUT2D eigenvalue weighted by Gasteiger charge is -2.15. The van der Waals surface area contributed by atoms with Crippen LogP contribution >= 0.6 is 15.9 Å². The zero-order chi connectivity index (χ0) is 16.4. The van der Waals surface area contributed by atoms with Crippen LogP contribution in [0.15, 0.2) is 33.7 Å². The van der Waals surface area contributed by atoms with Gasteiger partial charge in [0.25, 0.3) is 11.5 Å². The van der Waals surface area contributed by atoms with Crippen molar-refractivity contribution in [3.63, 3.8) is 0 Å². The van der Waals surface area contributed by atoms with Crippen LogP contribution < -0.4 is 16.4 Å². The molecule has 0 saturated carbocycles. The first kappa shape index (κ1) is 16.2. The highest BCUT2D eigenvalue weighted by Gasteiger charge is 2.18. The molecule has 1 amide bonds. The molecular weight excluding hydrogens is 357 g/mol. The van der Waals surface area contributed by atoms with Gasteiger partial charge >= 0.3 is 0 Å². The maximum atomic E-state index is 13.9. The largest absolute Gasteiger partial charge is 0.352 e. The Kier molecular flexibility index (Phi) is 4.62. The minimum Gasteiger partial charge on any atom is -0.352 e. The number of halogens is 2. The van der Waals surface area contributed by atoms with Gasteiger partial charge in [0.05, 0.1) is 16.9 Å². The molecule has 116 valence electrons. The van der Waals surface area contributed by atoms with Gasteiger partial charge in [0.1, 0.15) is 5.82 Å². The molecule has 3 N–H and O–H groups in total. The van der Waals surface area contributed by atoms with Crippen molar-refractivity contribution in [1.82, 2.24) is 10.0 Å². The molecule has 0 atom stereocenters. The van der Waals surface area contributed by atoms with E-state index in [1.807, 2.05) is 0 Å². The molecule has 22 heavy (non-hydrogen) atoms.